The van der Waals surface area contributed by atoms with Crippen LogP contribution in [0.3, 0.4) is 0 Å². The maximum absolute atomic E-state index is 10.9. The van der Waals surface area contributed by atoms with Crippen molar-refractivity contribution in [2.75, 3.05) is 24.6 Å². The summed E-state index contributed by atoms with van der Waals surface area (Å²) < 4.78 is 7.27. The van der Waals surface area contributed by atoms with Crippen molar-refractivity contribution in [1.82, 2.24) is 14.6 Å². The second-order valence-electron chi connectivity index (χ2n) is 5.38. The zero-order chi connectivity index (χ0) is 13.7. The molecule has 0 bridgehead atoms. The standard InChI is InChI=1S/C13H14N4O3/c18-12(19)9-7-11-14-10(1-4-17(11)15-9)16-5-6-20-13(8-16)2-3-13/h1,4,7H,2-3,5-6,8H2,(H,18,19). The molecular weight excluding hydrogens is 260 g/mol. The highest BCUT2D eigenvalue weighted by atomic mass is 16.5. The van der Waals surface area contributed by atoms with E-state index in [1.165, 1.54) is 10.6 Å². The average molecular weight is 274 g/mol. The quantitative estimate of drug-likeness (QED) is 0.872. The molecule has 0 atom stereocenters. The first-order chi connectivity index (χ1) is 9.65. The molecule has 1 saturated carbocycles. The molecule has 0 unspecified atom stereocenters. The highest BCUT2D eigenvalue weighted by Crippen LogP contribution is 2.42. The van der Waals surface area contributed by atoms with Crippen LogP contribution in [0.1, 0.15) is 23.3 Å². The zero-order valence-electron chi connectivity index (χ0n) is 10.8. The van der Waals surface area contributed by atoms with Crippen molar-refractivity contribution in [1.29, 1.82) is 0 Å². The van der Waals surface area contributed by atoms with Crippen LogP contribution in [-0.4, -0.2) is 51.0 Å². The van der Waals surface area contributed by atoms with Crippen molar-refractivity contribution in [2.24, 2.45) is 0 Å². The minimum atomic E-state index is -1.04. The molecule has 2 fully saturated rings. The van der Waals surface area contributed by atoms with Crippen molar-refractivity contribution < 1.29 is 14.6 Å². The number of morpholine rings is 1. The fourth-order valence-electron chi connectivity index (χ4n) is 2.63. The third kappa shape index (κ3) is 1.82. The number of anilines is 1. The number of carboxylic acids is 1. The topological polar surface area (TPSA) is 80.0 Å². The molecule has 2 aromatic rings. The Kier molecular flexibility index (Phi) is 2.29. The zero-order valence-corrected chi connectivity index (χ0v) is 10.8. The van der Waals surface area contributed by atoms with E-state index in [0.717, 1.165) is 31.7 Å². The van der Waals surface area contributed by atoms with Gasteiger partial charge >= 0.3 is 5.97 Å². The summed E-state index contributed by atoms with van der Waals surface area (Å²) in [6, 6.07) is 3.35. The number of carbonyl (C=O) groups is 1. The van der Waals surface area contributed by atoms with E-state index < -0.39 is 5.97 Å². The van der Waals surface area contributed by atoms with E-state index in [-0.39, 0.29) is 11.3 Å². The predicted octanol–water partition coefficient (Wildman–Crippen LogP) is 0.797. The van der Waals surface area contributed by atoms with Gasteiger partial charge in [0.25, 0.3) is 0 Å². The molecule has 20 heavy (non-hydrogen) atoms. The van der Waals surface area contributed by atoms with Crippen LogP contribution in [-0.2, 0) is 4.74 Å². The lowest BCUT2D eigenvalue weighted by atomic mass is 10.2. The van der Waals surface area contributed by atoms with E-state index >= 15 is 0 Å². The Labute approximate surface area is 114 Å². The van der Waals surface area contributed by atoms with Crippen LogP contribution in [0.5, 0.6) is 0 Å². The third-order valence-corrected chi connectivity index (χ3v) is 3.91. The van der Waals surface area contributed by atoms with E-state index in [1.807, 2.05) is 6.07 Å². The Morgan fingerprint density at radius 1 is 1.45 bits per heavy atom. The van der Waals surface area contributed by atoms with Crippen LogP contribution in [0.2, 0.25) is 0 Å². The van der Waals surface area contributed by atoms with Gasteiger partial charge in [-0.3, -0.25) is 0 Å². The van der Waals surface area contributed by atoms with Crippen molar-refractivity contribution in [3.63, 3.8) is 0 Å². The van der Waals surface area contributed by atoms with Gasteiger partial charge in [0.1, 0.15) is 5.82 Å². The van der Waals surface area contributed by atoms with Crippen molar-refractivity contribution in [2.45, 2.75) is 18.4 Å². The molecule has 1 N–H and O–H groups in total. The van der Waals surface area contributed by atoms with Gasteiger partial charge in [-0.2, -0.15) is 5.10 Å². The van der Waals surface area contributed by atoms with Gasteiger partial charge in [-0.25, -0.2) is 14.3 Å². The average Bonchev–Trinajstić information content (AvgIpc) is 3.04. The minimum absolute atomic E-state index is 0.00953. The number of fused-ring (bicyclic) bond motifs is 1. The first-order valence-corrected chi connectivity index (χ1v) is 6.64. The van der Waals surface area contributed by atoms with E-state index in [4.69, 9.17) is 9.84 Å². The molecule has 7 nitrogen and oxygen atoms in total. The van der Waals surface area contributed by atoms with Gasteiger partial charge < -0.3 is 14.7 Å². The van der Waals surface area contributed by atoms with E-state index in [9.17, 15) is 4.79 Å². The maximum atomic E-state index is 10.9. The molecule has 0 aromatic carbocycles. The molecule has 2 aromatic heterocycles. The van der Waals surface area contributed by atoms with Crippen LogP contribution in [0.15, 0.2) is 18.3 Å². The molecule has 2 aliphatic rings. The third-order valence-electron chi connectivity index (χ3n) is 3.91. The number of ether oxygens (including phenoxy) is 1. The summed E-state index contributed by atoms with van der Waals surface area (Å²) in [5.41, 5.74) is 0.602. The Morgan fingerprint density at radius 2 is 2.30 bits per heavy atom. The predicted molar refractivity (Wildman–Crippen MR) is 70.1 cm³/mol. The normalized spacial score (nSPS) is 20.5. The lowest BCUT2D eigenvalue weighted by Gasteiger charge is -2.34. The molecule has 0 radical (unpaired) electrons. The molecule has 1 saturated heterocycles. The number of aromatic nitrogens is 3. The van der Waals surface area contributed by atoms with Crippen LogP contribution >= 0.6 is 0 Å². The van der Waals surface area contributed by atoms with Crippen LogP contribution < -0.4 is 4.90 Å². The van der Waals surface area contributed by atoms with Gasteiger partial charge in [0.2, 0.25) is 0 Å². The van der Waals surface area contributed by atoms with Crippen molar-refractivity contribution >= 4 is 17.4 Å². The molecule has 1 spiro atoms. The highest BCUT2D eigenvalue weighted by Gasteiger charge is 2.47. The SMILES string of the molecule is O=C(O)c1cc2nc(N3CCOC4(CC4)C3)ccn2n1. The van der Waals surface area contributed by atoms with Crippen molar-refractivity contribution in [3.05, 3.63) is 24.0 Å². The van der Waals surface area contributed by atoms with Gasteiger partial charge in [-0.05, 0) is 18.9 Å². The second kappa shape index (κ2) is 3.92. The fourth-order valence-corrected chi connectivity index (χ4v) is 2.63. The number of carboxylic acid groups (broad SMARTS) is 1. The lowest BCUT2D eigenvalue weighted by molar-refractivity contribution is 0.0204. The summed E-state index contributed by atoms with van der Waals surface area (Å²) in [6.45, 7) is 2.38. The Balaban J connectivity index is 1.67. The monoisotopic (exact) mass is 274 g/mol. The summed E-state index contributed by atoms with van der Waals surface area (Å²) in [7, 11) is 0. The first-order valence-electron chi connectivity index (χ1n) is 6.64. The number of hydrogen-bond donors (Lipinski definition) is 1. The molecule has 1 aliphatic carbocycles. The second-order valence-corrected chi connectivity index (χ2v) is 5.38. The summed E-state index contributed by atoms with van der Waals surface area (Å²) >= 11 is 0. The molecule has 7 heteroatoms. The van der Waals surface area contributed by atoms with Crippen LogP contribution in [0.4, 0.5) is 5.82 Å². The summed E-state index contributed by atoms with van der Waals surface area (Å²) in [5, 5.41) is 12.9. The Morgan fingerprint density at radius 3 is 3.05 bits per heavy atom. The minimum Gasteiger partial charge on any atom is -0.476 e. The molecule has 0 amide bonds. The Bertz CT molecular complexity index is 692. The van der Waals surface area contributed by atoms with Gasteiger partial charge in [0.15, 0.2) is 11.3 Å². The number of aromatic carboxylic acids is 1. The van der Waals surface area contributed by atoms with E-state index in [2.05, 4.69) is 15.0 Å². The van der Waals surface area contributed by atoms with E-state index in [1.54, 1.807) is 6.20 Å². The van der Waals surface area contributed by atoms with Crippen LogP contribution in [0.25, 0.3) is 5.65 Å². The lowest BCUT2D eigenvalue weighted by Crippen LogP contribution is -2.44. The van der Waals surface area contributed by atoms with Gasteiger partial charge in [0, 0.05) is 25.4 Å². The molecular formula is C13H14N4O3. The van der Waals surface area contributed by atoms with Crippen LogP contribution in [0, 0.1) is 0 Å². The molecule has 3 heterocycles. The summed E-state index contributed by atoms with van der Waals surface area (Å²) in [6.07, 6.45) is 3.97. The van der Waals surface area contributed by atoms with Gasteiger partial charge in [-0.15, -0.1) is 0 Å². The summed E-state index contributed by atoms with van der Waals surface area (Å²) in [4.78, 5) is 17.6. The Hall–Kier alpha value is -2.15. The van der Waals surface area contributed by atoms with Gasteiger partial charge in [0.05, 0.1) is 12.2 Å². The van der Waals surface area contributed by atoms with E-state index in [0.29, 0.717) is 12.3 Å². The largest absolute Gasteiger partial charge is 0.476 e. The molecule has 104 valence electrons. The van der Waals surface area contributed by atoms with Gasteiger partial charge in [-0.1, -0.05) is 0 Å². The number of nitrogens with zero attached hydrogens (tertiary/aromatic N) is 4. The first kappa shape index (κ1) is 11.7. The molecule has 1 aliphatic heterocycles. The highest BCUT2D eigenvalue weighted by molar-refractivity contribution is 5.86. The smallest absolute Gasteiger partial charge is 0.356 e. The molecule has 4 rings (SSSR count). The fraction of sp³-hybridized carbons (Fsp3) is 0.462. The number of rotatable bonds is 2. The van der Waals surface area contributed by atoms with Crippen molar-refractivity contribution in [3.8, 4) is 0 Å². The number of hydrogen-bond acceptors (Lipinski definition) is 5. The summed E-state index contributed by atoms with van der Waals surface area (Å²) in [5.74, 6) is -0.190. The maximum Gasteiger partial charge on any atom is 0.356 e.